The number of hydrogen-bond acceptors (Lipinski definition) is 7. The van der Waals surface area contributed by atoms with Crippen LogP contribution in [0.25, 0.3) is 0 Å². The van der Waals surface area contributed by atoms with E-state index >= 15 is 0 Å². The first kappa shape index (κ1) is 22.3. The van der Waals surface area contributed by atoms with Gasteiger partial charge in [-0.15, -0.1) is 0 Å². The van der Waals surface area contributed by atoms with Crippen LogP contribution in [0.5, 0.6) is 17.2 Å². The molecule has 3 atom stereocenters. The van der Waals surface area contributed by atoms with Crippen LogP contribution in [0.4, 0.5) is 5.69 Å². The number of rotatable bonds is 6. The van der Waals surface area contributed by atoms with Crippen molar-refractivity contribution in [3.05, 3.63) is 69.4 Å². The normalized spacial score (nSPS) is 22.0. The Morgan fingerprint density at radius 3 is 2.12 bits per heavy atom. The van der Waals surface area contributed by atoms with Gasteiger partial charge >= 0.3 is 0 Å². The second-order valence-electron chi connectivity index (χ2n) is 8.04. The predicted octanol–water partition coefficient (Wildman–Crippen LogP) is 3.48. The van der Waals surface area contributed by atoms with E-state index in [1.54, 1.807) is 24.3 Å². The lowest BCUT2D eigenvalue weighted by atomic mass is 9.70. The number of ketones is 1. The van der Waals surface area contributed by atoms with Crippen LogP contribution in [0.1, 0.15) is 35.8 Å². The van der Waals surface area contributed by atoms with Crippen molar-refractivity contribution in [2.24, 2.45) is 5.92 Å². The molecular weight excluding hydrogens is 428 g/mol. The second kappa shape index (κ2) is 8.93. The molecule has 33 heavy (non-hydrogen) atoms. The summed E-state index contributed by atoms with van der Waals surface area (Å²) < 4.78 is 16.2. The Labute approximate surface area is 190 Å². The molecular formula is C24H24N2O7. The highest BCUT2D eigenvalue weighted by Crippen LogP contribution is 2.46. The molecule has 1 heterocycles. The van der Waals surface area contributed by atoms with E-state index in [2.05, 4.69) is 5.32 Å². The first-order chi connectivity index (χ1) is 15.9. The minimum atomic E-state index is -0.512. The summed E-state index contributed by atoms with van der Waals surface area (Å²) in [4.78, 5) is 36.3. The first-order valence-corrected chi connectivity index (χ1v) is 10.4. The number of piperidine rings is 1. The van der Waals surface area contributed by atoms with Gasteiger partial charge in [-0.3, -0.25) is 19.7 Å². The maximum absolute atomic E-state index is 13.3. The summed E-state index contributed by atoms with van der Waals surface area (Å²) in [5, 5.41) is 13.8. The molecule has 172 valence electrons. The summed E-state index contributed by atoms with van der Waals surface area (Å²) in [6.07, 6.45) is 2.29. The molecule has 2 aromatic carbocycles. The topological polar surface area (TPSA) is 117 Å². The number of fused-ring (bicyclic) bond motifs is 1. The van der Waals surface area contributed by atoms with Gasteiger partial charge < -0.3 is 19.5 Å². The van der Waals surface area contributed by atoms with Crippen molar-refractivity contribution in [3.63, 3.8) is 0 Å². The molecule has 1 fully saturated rings. The van der Waals surface area contributed by atoms with E-state index in [4.69, 9.17) is 14.2 Å². The van der Waals surface area contributed by atoms with Crippen LogP contribution >= 0.6 is 0 Å². The highest BCUT2D eigenvalue weighted by molar-refractivity contribution is 5.92. The lowest BCUT2D eigenvalue weighted by Crippen LogP contribution is -2.43. The van der Waals surface area contributed by atoms with Gasteiger partial charge in [-0.05, 0) is 23.3 Å². The number of non-ortho nitro benzene ring substituents is 1. The summed E-state index contributed by atoms with van der Waals surface area (Å²) in [6.45, 7) is 0. The van der Waals surface area contributed by atoms with Crippen LogP contribution in [-0.4, -0.2) is 37.9 Å². The number of allylic oxidation sites excluding steroid dienone is 2. The maximum atomic E-state index is 13.3. The van der Waals surface area contributed by atoms with Crippen molar-refractivity contribution in [1.29, 1.82) is 0 Å². The number of nitro benzene ring substituents is 1. The van der Waals surface area contributed by atoms with E-state index in [9.17, 15) is 19.7 Å². The highest BCUT2D eigenvalue weighted by atomic mass is 16.6. The van der Waals surface area contributed by atoms with Crippen molar-refractivity contribution < 1.29 is 28.7 Å². The molecule has 1 aliphatic carbocycles. The number of nitrogens with zero attached hydrogens (tertiary/aromatic N) is 1. The van der Waals surface area contributed by atoms with E-state index in [0.717, 1.165) is 11.1 Å². The number of methoxy groups -OCH3 is 3. The van der Waals surface area contributed by atoms with E-state index in [1.807, 2.05) is 6.08 Å². The van der Waals surface area contributed by atoms with Gasteiger partial charge in [0.25, 0.3) is 5.69 Å². The number of nitrogens with one attached hydrogen (secondary N) is 1. The number of ether oxygens (including phenoxy) is 3. The van der Waals surface area contributed by atoms with Crippen LogP contribution in [0.15, 0.2) is 48.2 Å². The van der Waals surface area contributed by atoms with E-state index in [1.165, 1.54) is 33.5 Å². The predicted molar refractivity (Wildman–Crippen MR) is 119 cm³/mol. The van der Waals surface area contributed by atoms with Gasteiger partial charge in [0.1, 0.15) is 5.78 Å². The molecule has 9 heteroatoms. The van der Waals surface area contributed by atoms with Crippen LogP contribution < -0.4 is 19.5 Å². The molecule has 1 amide bonds. The molecule has 0 bridgehead atoms. The van der Waals surface area contributed by atoms with Crippen molar-refractivity contribution in [3.8, 4) is 17.2 Å². The molecule has 0 saturated carbocycles. The Balaban J connectivity index is 1.71. The van der Waals surface area contributed by atoms with Crippen LogP contribution in [-0.2, 0) is 9.59 Å². The third-order valence-electron chi connectivity index (χ3n) is 6.22. The van der Waals surface area contributed by atoms with Crippen LogP contribution in [0.3, 0.4) is 0 Å². The zero-order valence-electron chi connectivity index (χ0n) is 18.5. The minimum absolute atomic E-state index is 0.00500. The van der Waals surface area contributed by atoms with E-state index in [0.29, 0.717) is 22.9 Å². The average molecular weight is 452 g/mol. The fourth-order valence-electron chi connectivity index (χ4n) is 4.67. The SMILES string of the molecule is COc1cc([C@H]2C=C3NC(=O)C[C@@H](c4ccc([N+](=O)[O-])cc4)[C@@H]3C(=O)C2)cc(OC)c1OC. The summed E-state index contributed by atoms with van der Waals surface area (Å²) in [5.74, 6) is 0.0527. The number of carbonyl (C=O) groups is 2. The third-order valence-corrected chi connectivity index (χ3v) is 6.22. The highest BCUT2D eigenvalue weighted by Gasteiger charge is 2.42. The fraction of sp³-hybridized carbons (Fsp3) is 0.333. The Morgan fingerprint density at radius 2 is 1.58 bits per heavy atom. The van der Waals surface area contributed by atoms with Crippen molar-refractivity contribution >= 4 is 17.4 Å². The Hall–Kier alpha value is -3.88. The molecule has 2 aromatic rings. The fourth-order valence-corrected chi connectivity index (χ4v) is 4.67. The Kier molecular flexibility index (Phi) is 6.04. The molecule has 1 saturated heterocycles. The third kappa shape index (κ3) is 4.13. The second-order valence-corrected chi connectivity index (χ2v) is 8.04. The summed E-state index contributed by atoms with van der Waals surface area (Å²) in [7, 11) is 4.57. The van der Waals surface area contributed by atoms with Gasteiger partial charge in [-0.1, -0.05) is 18.2 Å². The lowest BCUT2D eigenvalue weighted by molar-refractivity contribution is -0.384. The van der Waals surface area contributed by atoms with Gasteiger partial charge in [-0.25, -0.2) is 0 Å². The van der Waals surface area contributed by atoms with Crippen LogP contribution in [0.2, 0.25) is 0 Å². The quantitative estimate of drug-likeness (QED) is 0.527. The molecule has 0 spiro atoms. The van der Waals surface area contributed by atoms with Gasteiger partial charge in [-0.2, -0.15) is 0 Å². The van der Waals surface area contributed by atoms with Crippen LogP contribution in [0, 0.1) is 16.0 Å². The van der Waals surface area contributed by atoms with E-state index < -0.39 is 10.8 Å². The Morgan fingerprint density at radius 1 is 0.939 bits per heavy atom. The summed E-state index contributed by atoms with van der Waals surface area (Å²) in [6, 6.07) is 9.65. The van der Waals surface area contributed by atoms with Gasteiger partial charge in [0.05, 0.1) is 32.2 Å². The van der Waals surface area contributed by atoms with Crippen molar-refractivity contribution in [2.45, 2.75) is 24.7 Å². The molecule has 0 unspecified atom stereocenters. The molecule has 2 aliphatic rings. The van der Waals surface area contributed by atoms with Crippen molar-refractivity contribution in [1.82, 2.24) is 5.32 Å². The van der Waals surface area contributed by atoms with E-state index in [-0.39, 0.29) is 42.1 Å². The largest absolute Gasteiger partial charge is 0.493 e. The number of hydrogen-bond donors (Lipinski definition) is 1. The van der Waals surface area contributed by atoms with Gasteiger partial charge in [0.15, 0.2) is 11.5 Å². The molecule has 0 aromatic heterocycles. The smallest absolute Gasteiger partial charge is 0.269 e. The molecule has 1 aliphatic heterocycles. The average Bonchev–Trinajstić information content (AvgIpc) is 2.82. The first-order valence-electron chi connectivity index (χ1n) is 10.4. The summed E-state index contributed by atoms with van der Waals surface area (Å²) >= 11 is 0. The van der Waals surface area contributed by atoms with Crippen molar-refractivity contribution in [2.75, 3.05) is 21.3 Å². The summed E-state index contributed by atoms with van der Waals surface area (Å²) in [5.41, 5.74) is 2.05. The zero-order chi connectivity index (χ0) is 23.7. The Bertz CT molecular complexity index is 1110. The maximum Gasteiger partial charge on any atom is 0.269 e. The molecule has 1 N–H and O–H groups in total. The number of carbonyl (C=O) groups excluding carboxylic acids is 2. The standard InChI is InChI=1S/C24H24N2O7/c1-31-20-10-15(11-21(32-2)24(20)33-3)14-8-18-23(19(27)9-14)17(12-22(28)25-18)13-4-6-16(7-5-13)26(29)30/h4-8,10-11,14,17,23H,9,12H2,1-3H3,(H,25,28)/t14-,17-,23-/m0/s1. The van der Waals surface area contributed by atoms with Gasteiger partial charge in [0.2, 0.25) is 11.7 Å². The minimum Gasteiger partial charge on any atom is -0.493 e. The van der Waals surface area contributed by atoms with Gasteiger partial charge in [0, 0.05) is 42.5 Å². The number of benzene rings is 2. The lowest BCUT2D eigenvalue weighted by Gasteiger charge is -2.37. The molecule has 9 nitrogen and oxygen atoms in total. The number of nitro groups is 1. The molecule has 0 radical (unpaired) electrons. The number of amides is 1. The monoisotopic (exact) mass is 452 g/mol. The number of Topliss-reactive ketones (excluding diaryl/α,β-unsaturated/α-hetero) is 1. The molecule has 4 rings (SSSR count). The zero-order valence-corrected chi connectivity index (χ0v) is 18.5.